The molecule has 0 bridgehead atoms. The van der Waals surface area contributed by atoms with Gasteiger partial charge in [0.2, 0.25) is 0 Å². The summed E-state index contributed by atoms with van der Waals surface area (Å²) in [5.41, 5.74) is 3.76. The number of H-pyrrole nitrogens is 1. The van der Waals surface area contributed by atoms with E-state index in [2.05, 4.69) is 16.0 Å². The van der Waals surface area contributed by atoms with Crippen LogP contribution in [0.3, 0.4) is 0 Å². The molecule has 1 aromatic carbocycles. The molecule has 2 aromatic heterocycles. The largest absolute Gasteiger partial charge is 0.490 e. The van der Waals surface area contributed by atoms with Crippen molar-refractivity contribution in [1.29, 1.82) is 0 Å². The first-order chi connectivity index (χ1) is 17.9. The lowest BCUT2D eigenvalue weighted by atomic mass is 9.90. The molecule has 37 heavy (non-hydrogen) atoms. The van der Waals surface area contributed by atoms with Crippen LogP contribution in [0.5, 0.6) is 5.75 Å². The minimum absolute atomic E-state index is 0.0655. The molecule has 0 radical (unpaired) electrons. The van der Waals surface area contributed by atoms with Gasteiger partial charge >= 0.3 is 5.97 Å². The van der Waals surface area contributed by atoms with E-state index in [1.54, 1.807) is 6.20 Å². The monoisotopic (exact) mass is 517 g/mol. The van der Waals surface area contributed by atoms with Crippen molar-refractivity contribution in [3.8, 4) is 5.75 Å². The summed E-state index contributed by atoms with van der Waals surface area (Å²) in [6.45, 7) is 3.04. The fraction of sp³-hybridized carbons (Fsp3) is 0.481. The summed E-state index contributed by atoms with van der Waals surface area (Å²) < 4.78 is 43.3. The molecule has 0 aliphatic carbocycles. The van der Waals surface area contributed by atoms with Gasteiger partial charge in [-0.2, -0.15) is 0 Å². The van der Waals surface area contributed by atoms with E-state index in [1.165, 1.54) is 0 Å². The molecule has 2 N–H and O–H groups in total. The molecule has 0 amide bonds. The molecule has 10 heteroatoms. The standard InChI is InChI=1S/C27H33F2N3O5/c1-18-14-21-20-6-2-3-7-22(20)31-26(21)27(32(18)16-24(28)29)23-9-8-19(15-30-23)37-13-12-35-10-4-5-11-36-17-25(33)34/h2-3,6-9,15,18,24,27,31H,4-5,10-14,16-17H2,1H3,(H,33,34)/t18-,27-/m1/s1. The number of hydrogen-bond donors (Lipinski definition) is 2. The number of alkyl halides is 2. The van der Waals surface area contributed by atoms with Gasteiger partial charge in [0.15, 0.2) is 0 Å². The summed E-state index contributed by atoms with van der Waals surface area (Å²) in [7, 11) is 0. The van der Waals surface area contributed by atoms with Crippen LogP contribution in [-0.2, 0) is 20.7 Å². The third-order valence-corrected chi connectivity index (χ3v) is 6.45. The van der Waals surface area contributed by atoms with Crippen molar-refractivity contribution < 1.29 is 32.9 Å². The molecule has 0 unspecified atom stereocenters. The number of hydrogen-bond acceptors (Lipinski definition) is 6. The van der Waals surface area contributed by atoms with E-state index >= 15 is 0 Å². The molecule has 1 aliphatic heterocycles. The summed E-state index contributed by atoms with van der Waals surface area (Å²) in [4.78, 5) is 20.3. The van der Waals surface area contributed by atoms with Crippen molar-refractivity contribution in [3.63, 3.8) is 0 Å². The van der Waals surface area contributed by atoms with Gasteiger partial charge in [-0.3, -0.25) is 9.88 Å². The van der Waals surface area contributed by atoms with Crippen LogP contribution in [0.2, 0.25) is 0 Å². The second-order valence-corrected chi connectivity index (χ2v) is 9.14. The summed E-state index contributed by atoms with van der Waals surface area (Å²) in [5.74, 6) is -0.395. The number of nitrogens with zero attached hydrogens (tertiary/aromatic N) is 2. The molecule has 1 aliphatic rings. The van der Waals surface area contributed by atoms with E-state index in [0.29, 0.717) is 44.3 Å². The lowest BCUT2D eigenvalue weighted by Crippen LogP contribution is -2.45. The SMILES string of the molecule is C[C@@H]1Cc2c([nH]c3ccccc23)[C@@H](c2ccc(OCCOCCCCOCC(=O)O)cn2)N1CC(F)F. The van der Waals surface area contributed by atoms with Crippen LogP contribution in [-0.4, -0.2) is 78.0 Å². The first-order valence-corrected chi connectivity index (χ1v) is 12.5. The van der Waals surface area contributed by atoms with Crippen LogP contribution in [0.1, 0.15) is 42.8 Å². The van der Waals surface area contributed by atoms with Crippen LogP contribution >= 0.6 is 0 Å². The van der Waals surface area contributed by atoms with Gasteiger partial charge in [0, 0.05) is 35.9 Å². The molecule has 200 valence electrons. The van der Waals surface area contributed by atoms with E-state index in [4.69, 9.17) is 19.3 Å². The highest BCUT2D eigenvalue weighted by Crippen LogP contribution is 2.40. The number of aromatic nitrogens is 2. The molecule has 4 rings (SSSR count). The van der Waals surface area contributed by atoms with E-state index in [1.807, 2.05) is 42.2 Å². The number of fused-ring (bicyclic) bond motifs is 3. The Labute approximate surface area is 214 Å². The Kier molecular flexibility index (Phi) is 9.43. The molecule has 0 spiro atoms. The molecule has 0 saturated carbocycles. The number of carbonyl (C=O) groups is 1. The average Bonchev–Trinajstić information content (AvgIpc) is 3.23. The third kappa shape index (κ3) is 7.03. The minimum atomic E-state index is -2.45. The maximum Gasteiger partial charge on any atom is 0.329 e. The number of pyridine rings is 1. The number of halogens is 2. The Bertz CT molecular complexity index is 1150. The Hall–Kier alpha value is -3.08. The van der Waals surface area contributed by atoms with E-state index < -0.39 is 18.4 Å². The fourth-order valence-electron chi connectivity index (χ4n) is 4.80. The zero-order valence-corrected chi connectivity index (χ0v) is 20.9. The number of carboxylic acids is 1. The molecule has 0 fully saturated rings. The number of unbranched alkanes of at least 4 members (excludes halogenated alkanes) is 1. The first kappa shape index (κ1) is 27.0. The molecule has 8 nitrogen and oxygen atoms in total. The lowest BCUT2D eigenvalue weighted by Gasteiger charge is -2.40. The minimum Gasteiger partial charge on any atom is -0.490 e. The molecular weight excluding hydrogens is 484 g/mol. The summed E-state index contributed by atoms with van der Waals surface area (Å²) in [5, 5.41) is 9.63. The highest BCUT2D eigenvalue weighted by atomic mass is 19.3. The number of nitrogens with one attached hydrogen (secondary N) is 1. The van der Waals surface area contributed by atoms with E-state index in [0.717, 1.165) is 35.0 Å². The van der Waals surface area contributed by atoms with Crippen molar-refractivity contribution in [2.24, 2.45) is 0 Å². The van der Waals surface area contributed by atoms with Crippen LogP contribution < -0.4 is 4.74 Å². The van der Waals surface area contributed by atoms with E-state index in [-0.39, 0.29) is 19.2 Å². The van der Waals surface area contributed by atoms with Gasteiger partial charge in [0.25, 0.3) is 6.43 Å². The molecule has 0 saturated heterocycles. The van der Waals surface area contributed by atoms with Crippen LogP contribution in [0.15, 0.2) is 42.6 Å². The van der Waals surface area contributed by atoms with E-state index in [9.17, 15) is 13.6 Å². The molecule has 3 aromatic rings. The maximum atomic E-state index is 13.5. The number of aliphatic carboxylic acids is 1. The van der Waals surface area contributed by atoms with Crippen molar-refractivity contribution >= 4 is 16.9 Å². The van der Waals surface area contributed by atoms with Crippen molar-refractivity contribution in [3.05, 3.63) is 59.5 Å². The fourth-order valence-corrected chi connectivity index (χ4v) is 4.80. The quantitative estimate of drug-likeness (QED) is 0.305. The average molecular weight is 518 g/mol. The van der Waals surface area contributed by atoms with Gasteiger partial charge in [0.1, 0.15) is 19.0 Å². The number of aromatic amines is 1. The van der Waals surface area contributed by atoms with Crippen molar-refractivity contribution in [1.82, 2.24) is 14.9 Å². The molecule has 2 atom stereocenters. The second kappa shape index (κ2) is 12.9. The highest BCUT2D eigenvalue weighted by Gasteiger charge is 2.37. The smallest absolute Gasteiger partial charge is 0.329 e. The second-order valence-electron chi connectivity index (χ2n) is 9.14. The van der Waals surface area contributed by atoms with Gasteiger partial charge < -0.3 is 24.3 Å². The maximum absolute atomic E-state index is 13.5. The Morgan fingerprint density at radius 2 is 1.92 bits per heavy atom. The predicted octanol–water partition coefficient (Wildman–Crippen LogP) is 4.44. The Balaban J connectivity index is 1.34. The van der Waals surface area contributed by atoms with Gasteiger partial charge in [-0.05, 0) is 49.9 Å². The number of carboxylic acid groups (broad SMARTS) is 1. The molecular formula is C27H33F2N3O5. The zero-order chi connectivity index (χ0) is 26.2. The third-order valence-electron chi connectivity index (χ3n) is 6.45. The lowest BCUT2D eigenvalue weighted by molar-refractivity contribution is -0.142. The van der Waals surface area contributed by atoms with Crippen LogP contribution in [0.4, 0.5) is 8.78 Å². The van der Waals surface area contributed by atoms with Crippen molar-refractivity contribution in [2.75, 3.05) is 39.6 Å². The first-order valence-electron chi connectivity index (χ1n) is 12.5. The Morgan fingerprint density at radius 3 is 2.65 bits per heavy atom. The van der Waals surface area contributed by atoms with Gasteiger partial charge in [-0.15, -0.1) is 0 Å². The topological polar surface area (TPSA) is 96.9 Å². The van der Waals surface area contributed by atoms with Crippen LogP contribution in [0, 0.1) is 0 Å². The van der Waals surface area contributed by atoms with Crippen LogP contribution in [0.25, 0.3) is 10.9 Å². The Morgan fingerprint density at radius 1 is 1.14 bits per heavy atom. The molecule has 3 heterocycles. The van der Waals surface area contributed by atoms with Gasteiger partial charge in [-0.25, -0.2) is 13.6 Å². The number of para-hydroxylation sites is 1. The summed E-state index contributed by atoms with van der Waals surface area (Å²) in [6.07, 6.45) is 1.35. The van der Waals surface area contributed by atoms with Crippen molar-refractivity contribution in [2.45, 2.75) is 44.7 Å². The normalized spacial score (nSPS) is 17.8. The number of rotatable bonds is 14. The summed E-state index contributed by atoms with van der Waals surface area (Å²) in [6, 6.07) is 11.2. The van der Waals surface area contributed by atoms with Gasteiger partial charge in [0.05, 0.1) is 31.1 Å². The highest BCUT2D eigenvalue weighted by molar-refractivity contribution is 5.85. The number of benzene rings is 1. The predicted molar refractivity (Wildman–Crippen MR) is 134 cm³/mol. The zero-order valence-electron chi connectivity index (χ0n) is 20.9. The summed E-state index contributed by atoms with van der Waals surface area (Å²) >= 11 is 0. The van der Waals surface area contributed by atoms with Gasteiger partial charge in [-0.1, -0.05) is 18.2 Å². The number of ether oxygens (including phenoxy) is 3.